The SMILES string of the molecule is CCCCN(c1ncccc1C=O)C1CC1. The van der Waals surface area contributed by atoms with Gasteiger partial charge in [0, 0.05) is 18.8 Å². The van der Waals surface area contributed by atoms with Gasteiger partial charge in [0.2, 0.25) is 0 Å². The van der Waals surface area contributed by atoms with Crippen LogP contribution in [0.3, 0.4) is 0 Å². The van der Waals surface area contributed by atoms with Crippen LogP contribution in [0.1, 0.15) is 43.0 Å². The third-order valence-corrected chi connectivity index (χ3v) is 2.96. The fourth-order valence-corrected chi connectivity index (χ4v) is 1.92. The van der Waals surface area contributed by atoms with Crippen molar-refractivity contribution >= 4 is 12.1 Å². The topological polar surface area (TPSA) is 33.2 Å². The van der Waals surface area contributed by atoms with Gasteiger partial charge in [0.25, 0.3) is 0 Å². The van der Waals surface area contributed by atoms with E-state index in [1.165, 1.54) is 19.3 Å². The van der Waals surface area contributed by atoms with Gasteiger partial charge in [-0.3, -0.25) is 4.79 Å². The van der Waals surface area contributed by atoms with Gasteiger partial charge >= 0.3 is 0 Å². The summed E-state index contributed by atoms with van der Waals surface area (Å²) in [6, 6.07) is 4.27. The summed E-state index contributed by atoms with van der Waals surface area (Å²) in [5.41, 5.74) is 0.713. The highest BCUT2D eigenvalue weighted by Gasteiger charge is 2.30. The van der Waals surface area contributed by atoms with Crippen molar-refractivity contribution in [1.29, 1.82) is 0 Å². The summed E-state index contributed by atoms with van der Waals surface area (Å²) in [6.07, 6.45) is 7.47. The Morgan fingerprint density at radius 2 is 2.38 bits per heavy atom. The number of aldehydes is 1. The standard InChI is InChI=1S/C13H18N2O/c1-2-3-9-15(12-6-7-12)13-11(10-16)5-4-8-14-13/h4-5,8,10,12H,2-3,6-7,9H2,1H3. The minimum Gasteiger partial charge on any atom is -0.353 e. The van der Waals surface area contributed by atoms with Crippen molar-refractivity contribution in [2.24, 2.45) is 0 Å². The van der Waals surface area contributed by atoms with Crippen LogP contribution in [0.25, 0.3) is 0 Å². The van der Waals surface area contributed by atoms with E-state index in [4.69, 9.17) is 0 Å². The number of anilines is 1. The molecule has 0 saturated heterocycles. The van der Waals surface area contributed by atoms with Gasteiger partial charge < -0.3 is 4.90 Å². The zero-order valence-corrected chi connectivity index (χ0v) is 9.72. The lowest BCUT2D eigenvalue weighted by Crippen LogP contribution is -2.28. The van der Waals surface area contributed by atoms with Gasteiger partial charge in [-0.25, -0.2) is 4.98 Å². The van der Waals surface area contributed by atoms with Gasteiger partial charge in [-0.05, 0) is 31.4 Å². The molecule has 0 amide bonds. The molecule has 1 saturated carbocycles. The molecule has 0 spiro atoms. The Morgan fingerprint density at radius 3 is 3.00 bits per heavy atom. The van der Waals surface area contributed by atoms with Crippen molar-refractivity contribution in [2.75, 3.05) is 11.4 Å². The summed E-state index contributed by atoms with van der Waals surface area (Å²) in [5.74, 6) is 0.869. The number of unbranched alkanes of at least 4 members (excludes halogenated alkanes) is 1. The molecule has 0 unspecified atom stereocenters. The van der Waals surface area contributed by atoms with Crippen LogP contribution in [0.5, 0.6) is 0 Å². The molecule has 86 valence electrons. The number of aromatic nitrogens is 1. The Hall–Kier alpha value is -1.38. The highest BCUT2D eigenvalue weighted by Crippen LogP contribution is 2.32. The molecule has 1 aromatic heterocycles. The quantitative estimate of drug-likeness (QED) is 0.688. The van der Waals surface area contributed by atoms with E-state index in [1.54, 1.807) is 6.20 Å². The van der Waals surface area contributed by atoms with Gasteiger partial charge in [0.1, 0.15) is 5.82 Å². The van der Waals surface area contributed by atoms with Gasteiger partial charge in [-0.2, -0.15) is 0 Å². The predicted octanol–water partition coefficient (Wildman–Crippen LogP) is 2.66. The van der Waals surface area contributed by atoms with E-state index < -0.39 is 0 Å². The van der Waals surface area contributed by atoms with Crippen molar-refractivity contribution in [1.82, 2.24) is 4.98 Å². The third-order valence-electron chi connectivity index (χ3n) is 2.96. The van der Waals surface area contributed by atoms with E-state index in [1.807, 2.05) is 12.1 Å². The zero-order chi connectivity index (χ0) is 11.4. The molecule has 1 aromatic rings. The fourth-order valence-electron chi connectivity index (χ4n) is 1.92. The number of nitrogens with zero attached hydrogens (tertiary/aromatic N) is 2. The number of hydrogen-bond acceptors (Lipinski definition) is 3. The average Bonchev–Trinajstić information content (AvgIpc) is 3.14. The molecule has 1 aliphatic carbocycles. The fraction of sp³-hybridized carbons (Fsp3) is 0.538. The van der Waals surface area contributed by atoms with Crippen molar-refractivity contribution < 1.29 is 4.79 Å². The van der Waals surface area contributed by atoms with Crippen LogP contribution in [-0.2, 0) is 0 Å². The molecular formula is C13H18N2O. The second-order valence-electron chi connectivity index (χ2n) is 4.31. The van der Waals surface area contributed by atoms with E-state index in [0.29, 0.717) is 11.6 Å². The molecular weight excluding hydrogens is 200 g/mol. The molecule has 0 atom stereocenters. The summed E-state index contributed by atoms with van der Waals surface area (Å²) >= 11 is 0. The zero-order valence-electron chi connectivity index (χ0n) is 9.72. The van der Waals surface area contributed by atoms with Crippen LogP contribution in [0.2, 0.25) is 0 Å². The molecule has 0 N–H and O–H groups in total. The maximum absolute atomic E-state index is 11.0. The number of carbonyl (C=O) groups excluding carboxylic acids is 1. The highest BCUT2D eigenvalue weighted by atomic mass is 16.1. The summed E-state index contributed by atoms with van der Waals surface area (Å²) < 4.78 is 0. The van der Waals surface area contributed by atoms with Crippen LogP contribution in [0.4, 0.5) is 5.82 Å². The van der Waals surface area contributed by atoms with Crippen LogP contribution in [0.15, 0.2) is 18.3 Å². The van der Waals surface area contributed by atoms with Gasteiger partial charge in [0.05, 0.1) is 5.56 Å². The number of pyridine rings is 1. The smallest absolute Gasteiger partial charge is 0.153 e. The van der Waals surface area contributed by atoms with Crippen LogP contribution < -0.4 is 4.90 Å². The Bertz CT molecular complexity index is 361. The Balaban J connectivity index is 2.19. The molecule has 0 bridgehead atoms. The molecule has 3 nitrogen and oxygen atoms in total. The first kappa shape index (κ1) is 11.1. The summed E-state index contributed by atoms with van der Waals surface area (Å²) in [7, 11) is 0. The van der Waals surface area contributed by atoms with E-state index in [0.717, 1.165) is 25.1 Å². The molecule has 0 aromatic carbocycles. The second-order valence-corrected chi connectivity index (χ2v) is 4.31. The molecule has 1 heterocycles. The van der Waals surface area contributed by atoms with E-state index in [-0.39, 0.29) is 0 Å². The Labute approximate surface area is 96.5 Å². The molecule has 3 heteroatoms. The lowest BCUT2D eigenvalue weighted by Gasteiger charge is -2.24. The molecule has 1 fully saturated rings. The summed E-state index contributed by atoms with van der Waals surface area (Å²) in [5, 5.41) is 0. The summed E-state index contributed by atoms with van der Waals surface area (Å²) in [4.78, 5) is 17.6. The normalized spacial score (nSPS) is 14.8. The molecule has 2 rings (SSSR count). The lowest BCUT2D eigenvalue weighted by molar-refractivity contribution is 0.112. The number of hydrogen-bond donors (Lipinski definition) is 0. The molecule has 0 aliphatic heterocycles. The molecule has 16 heavy (non-hydrogen) atoms. The van der Waals surface area contributed by atoms with Crippen molar-refractivity contribution in [3.63, 3.8) is 0 Å². The second kappa shape index (κ2) is 5.10. The lowest BCUT2D eigenvalue weighted by atomic mass is 10.2. The average molecular weight is 218 g/mol. The first-order chi connectivity index (χ1) is 7.86. The van der Waals surface area contributed by atoms with Crippen molar-refractivity contribution in [3.05, 3.63) is 23.9 Å². The van der Waals surface area contributed by atoms with E-state index in [2.05, 4.69) is 16.8 Å². The minimum absolute atomic E-state index is 0.611. The molecule has 1 aliphatic rings. The van der Waals surface area contributed by atoms with Gasteiger partial charge in [-0.1, -0.05) is 13.3 Å². The largest absolute Gasteiger partial charge is 0.353 e. The third kappa shape index (κ3) is 2.40. The maximum atomic E-state index is 11.0. The maximum Gasteiger partial charge on any atom is 0.153 e. The van der Waals surface area contributed by atoms with Crippen LogP contribution in [-0.4, -0.2) is 23.9 Å². The molecule has 0 radical (unpaired) electrons. The van der Waals surface area contributed by atoms with E-state index in [9.17, 15) is 4.79 Å². The number of carbonyl (C=O) groups is 1. The van der Waals surface area contributed by atoms with Gasteiger partial charge in [0.15, 0.2) is 6.29 Å². The predicted molar refractivity (Wildman–Crippen MR) is 64.9 cm³/mol. The monoisotopic (exact) mass is 218 g/mol. The van der Waals surface area contributed by atoms with Crippen LogP contribution >= 0.6 is 0 Å². The number of rotatable bonds is 6. The first-order valence-electron chi connectivity index (χ1n) is 6.03. The Morgan fingerprint density at radius 1 is 1.56 bits per heavy atom. The van der Waals surface area contributed by atoms with Crippen LogP contribution in [0, 0.1) is 0 Å². The Kier molecular flexibility index (Phi) is 3.54. The first-order valence-corrected chi connectivity index (χ1v) is 6.03. The highest BCUT2D eigenvalue weighted by molar-refractivity contribution is 5.82. The van der Waals surface area contributed by atoms with Gasteiger partial charge in [-0.15, -0.1) is 0 Å². The summed E-state index contributed by atoms with van der Waals surface area (Å²) in [6.45, 7) is 3.20. The minimum atomic E-state index is 0.611. The van der Waals surface area contributed by atoms with E-state index >= 15 is 0 Å². The van der Waals surface area contributed by atoms with Crippen molar-refractivity contribution in [3.8, 4) is 0 Å². The van der Waals surface area contributed by atoms with Crippen molar-refractivity contribution in [2.45, 2.75) is 38.6 Å².